The first-order valence-electron chi connectivity index (χ1n) is 3.50. The Labute approximate surface area is 93.0 Å². The first kappa shape index (κ1) is 9.31. The topological polar surface area (TPSA) is 26.0 Å². The molecule has 13 heavy (non-hydrogen) atoms. The summed E-state index contributed by atoms with van der Waals surface area (Å²) in [5.41, 5.74) is 1.13. The van der Waals surface area contributed by atoms with E-state index in [1.54, 1.807) is 13.0 Å². The lowest BCUT2D eigenvalue weighted by atomic mass is 10.3. The van der Waals surface area contributed by atoms with Crippen LogP contribution in [0, 0.1) is 6.92 Å². The van der Waals surface area contributed by atoms with Crippen molar-refractivity contribution in [2.24, 2.45) is 0 Å². The van der Waals surface area contributed by atoms with E-state index in [-0.39, 0.29) is 0 Å². The van der Waals surface area contributed by atoms with Gasteiger partial charge in [-0.2, -0.15) is 0 Å². The molecule has 0 saturated carbocycles. The molecule has 2 nitrogen and oxygen atoms in total. The molecule has 2 rings (SSSR count). The minimum absolute atomic E-state index is 0.500. The lowest BCUT2D eigenvalue weighted by molar-refractivity contribution is 0.561. The number of benzene rings is 1. The summed E-state index contributed by atoms with van der Waals surface area (Å²) in [7, 11) is 0. The summed E-state index contributed by atoms with van der Waals surface area (Å²) in [6.07, 6.45) is 0. The Balaban J connectivity index is 2.95. The van der Waals surface area contributed by atoms with Gasteiger partial charge in [0.15, 0.2) is 11.5 Å². The number of halogens is 3. The molecule has 1 heterocycles. The van der Waals surface area contributed by atoms with Gasteiger partial charge in [0, 0.05) is 11.4 Å². The van der Waals surface area contributed by atoms with E-state index in [0.717, 1.165) is 0 Å². The highest BCUT2D eigenvalue weighted by molar-refractivity contribution is 9.10. The molecule has 0 aliphatic rings. The molecule has 0 saturated heterocycles. The quantitative estimate of drug-likeness (QED) is 0.676. The predicted molar refractivity (Wildman–Crippen MR) is 56.5 cm³/mol. The Bertz CT molecular complexity index is 480. The Kier molecular flexibility index (Phi) is 2.26. The van der Waals surface area contributed by atoms with Crippen LogP contribution in [-0.4, -0.2) is 4.98 Å². The number of fused-ring (bicyclic) bond motifs is 1. The van der Waals surface area contributed by atoms with Crippen LogP contribution in [0.15, 0.2) is 15.0 Å². The van der Waals surface area contributed by atoms with Gasteiger partial charge < -0.3 is 4.42 Å². The molecule has 0 unspecified atom stereocenters. The number of aromatic nitrogens is 1. The Morgan fingerprint density at radius 3 is 2.85 bits per heavy atom. The molecular weight excluding hydrogens is 277 g/mol. The van der Waals surface area contributed by atoms with Gasteiger partial charge in [-0.15, -0.1) is 0 Å². The van der Waals surface area contributed by atoms with Gasteiger partial charge in [-0.05, 0) is 22.0 Å². The maximum atomic E-state index is 5.97. The molecule has 1 aromatic carbocycles. The van der Waals surface area contributed by atoms with Crippen LogP contribution in [0.5, 0.6) is 0 Å². The lowest BCUT2D eigenvalue weighted by Gasteiger charge is -1.96. The van der Waals surface area contributed by atoms with E-state index in [0.29, 0.717) is 31.5 Å². The highest BCUT2D eigenvalue weighted by atomic mass is 79.9. The second kappa shape index (κ2) is 3.15. The number of oxazole rings is 1. The first-order chi connectivity index (χ1) is 6.09. The predicted octanol–water partition coefficient (Wildman–Crippen LogP) is 4.21. The molecule has 2 aromatic rings. The Hall–Kier alpha value is -0.250. The van der Waals surface area contributed by atoms with Crippen molar-refractivity contribution < 1.29 is 4.42 Å². The van der Waals surface area contributed by atoms with Gasteiger partial charge in [-0.1, -0.05) is 23.2 Å². The fourth-order valence-electron chi connectivity index (χ4n) is 1.09. The van der Waals surface area contributed by atoms with Crippen molar-refractivity contribution in [3.63, 3.8) is 0 Å². The molecule has 0 amide bonds. The maximum absolute atomic E-state index is 5.97. The van der Waals surface area contributed by atoms with E-state index in [9.17, 15) is 0 Å². The van der Waals surface area contributed by atoms with E-state index in [1.165, 1.54) is 0 Å². The van der Waals surface area contributed by atoms with E-state index < -0.39 is 0 Å². The summed E-state index contributed by atoms with van der Waals surface area (Å²) >= 11 is 15.2. The molecule has 0 aliphatic carbocycles. The second-order valence-corrected chi connectivity index (χ2v) is 4.20. The Morgan fingerprint density at radius 1 is 1.46 bits per heavy atom. The zero-order valence-electron chi connectivity index (χ0n) is 6.57. The van der Waals surface area contributed by atoms with Crippen LogP contribution in [0.1, 0.15) is 5.89 Å². The van der Waals surface area contributed by atoms with Crippen molar-refractivity contribution >= 4 is 50.2 Å². The standard InChI is InChI=1S/C8H4BrCl2NO/c1-3-12-7-5(10)2-4(9)6(11)8(7)13-3/h2H,1H3. The number of nitrogens with zero attached hydrogens (tertiary/aromatic N) is 1. The van der Waals surface area contributed by atoms with Crippen LogP contribution in [0.3, 0.4) is 0 Å². The smallest absolute Gasteiger partial charge is 0.192 e. The zero-order chi connectivity index (χ0) is 9.59. The maximum Gasteiger partial charge on any atom is 0.192 e. The average molecular weight is 281 g/mol. The van der Waals surface area contributed by atoms with E-state index >= 15 is 0 Å². The lowest BCUT2D eigenvalue weighted by Crippen LogP contribution is -1.75. The largest absolute Gasteiger partial charge is 0.439 e. The molecule has 1 aromatic heterocycles. The number of hydrogen-bond acceptors (Lipinski definition) is 2. The third-order valence-corrected chi connectivity index (χ3v) is 3.14. The third-order valence-electron chi connectivity index (χ3n) is 1.62. The number of rotatable bonds is 0. The van der Waals surface area contributed by atoms with Crippen molar-refractivity contribution in [2.75, 3.05) is 0 Å². The van der Waals surface area contributed by atoms with Crippen molar-refractivity contribution in [1.29, 1.82) is 0 Å². The molecular formula is C8H4BrCl2NO. The minimum atomic E-state index is 0.500. The van der Waals surface area contributed by atoms with Crippen LogP contribution < -0.4 is 0 Å². The number of aryl methyl sites for hydroxylation is 1. The Morgan fingerprint density at radius 2 is 2.15 bits per heavy atom. The molecule has 5 heteroatoms. The number of hydrogen-bond donors (Lipinski definition) is 0. The fraction of sp³-hybridized carbons (Fsp3) is 0.125. The average Bonchev–Trinajstić information content (AvgIpc) is 2.44. The van der Waals surface area contributed by atoms with Crippen LogP contribution in [-0.2, 0) is 0 Å². The van der Waals surface area contributed by atoms with Gasteiger partial charge in [0.25, 0.3) is 0 Å². The summed E-state index contributed by atoms with van der Waals surface area (Å²) in [6.45, 7) is 1.75. The van der Waals surface area contributed by atoms with Crippen LogP contribution >= 0.6 is 39.1 Å². The van der Waals surface area contributed by atoms with Gasteiger partial charge in [0.1, 0.15) is 5.52 Å². The summed E-state index contributed by atoms with van der Waals surface area (Å²) < 4.78 is 6.01. The summed E-state index contributed by atoms with van der Waals surface area (Å²) in [6, 6.07) is 1.70. The van der Waals surface area contributed by atoms with Gasteiger partial charge in [0.2, 0.25) is 0 Å². The van der Waals surface area contributed by atoms with Crippen molar-refractivity contribution in [3.05, 3.63) is 26.5 Å². The van der Waals surface area contributed by atoms with Crippen LogP contribution in [0.4, 0.5) is 0 Å². The van der Waals surface area contributed by atoms with E-state index in [1.807, 2.05) is 0 Å². The normalized spacial score (nSPS) is 11.1. The molecule has 0 fully saturated rings. The van der Waals surface area contributed by atoms with Crippen LogP contribution in [0.2, 0.25) is 10.0 Å². The molecule has 0 radical (unpaired) electrons. The zero-order valence-corrected chi connectivity index (χ0v) is 9.66. The molecule has 0 N–H and O–H groups in total. The second-order valence-electron chi connectivity index (χ2n) is 2.56. The minimum Gasteiger partial charge on any atom is -0.439 e. The first-order valence-corrected chi connectivity index (χ1v) is 5.05. The SMILES string of the molecule is Cc1nc2c(Cl)cc(Br)c(Cl)c2o1. The third kappa shape index (κ3) is 1.45. The molecule has 0 atom stereocenters. The van der Waals surface area contributed by atoms with Crippen molar-refractivity contribution in [2.45, 2.75) is 6.92 Å². The highest BCUT2D eigenvalue weighted by Crippen LogP contribution is 2.35. The fourth-order valence-corrected chi connectivity index (χ4v) is 2.05. The van der Waals surface area contributed by atoms with Crippen molar-refractivity contribution in [3.8, 4) is 0 Å². The highest BCUT2D eigenvalue weighted by Gasteiger charge is 2.13. The van der Waals surface area contributed by atoms with Gasteiger partial charge in [-0.25, -0.2) is 4.98 Å². The van der Waals surface area contributed by atoms with Crippen LogP contribution in [0.25, 0.3) is 11.1 Å². The molecule has 0 spiro atoms. The summed E-state index contributed by atoms with van der Waals surface area (Å²) in [4.78, 5) is 4.11. The van der Waals surface area contributed by atoms with E-state index in [2.05, 4.69) is 20.9 Å². The van der Waals surface area contributed by atoms with E-state index in [4.69, 9.17) is 27.6 Å². The van der Waals surface area contributed by atoms with Crippen molar-refractivity contribution in [1.82, 2.24) is 4.98 Å². The van der Waals surface area contributed by atoms with Gasteiger partial charge in [-0.3, -0.25) is 0 Å². The molecule has 68 valence electrons. The van der Waals surface area contributed by atoms with Gasteiger partial charge >= 0.3 is 0 Å². The molecule has 0 bridgehead atoms. The summed E-state index contributed by atoms with van der Waals surface area (Å²) in [5.74, 6) is 0.553. The monoisotopic (exact) mass is 279 g/mol. The molecule has 0 aliphatic heterocycles. The van der Waals surface area contributed by atoms with Gasteiger partial charge in [0.05, 0.1) is 10.0 Å². The summed E-state index contributed by atoms with van der Waals surface area (Å²) in [5, 5.41) is 1.03.